The van der Waals surface area contributed by atoms with Gasteiger partial charge in [0.15, 0.2) is 0 Å². The molecule has 2 aliphatic rings. The third-order valence-corrected chi connectivity index (χ3v) is 3.61. The Kier molecular flexibility index (Phi) is 2.90. The van der Waals surface area contributed by atoms with Crippen molar-refractivity contribution in [2.24, 2.45) is 22.7 Å². The second kappa shape index (κ2) is 4.18. The molecule has 0 aliphatic heterocycles. The summed E-state index contributed by atoms with van der Waals surface area (Å²) in [5.74, 6) is 2.42. The molecule has 0 bridgehead atoms. The third-order valence-electron chi connectivity index (χ3n) is 3.61. The monoisotopic (exact) mass is 201 g/mol. The maximum atomic E-state index is 4.30. The van der Waals surface area contributed by atoms with Crippen LogP contribution in [0.1, 0.15) is 20.3 Å². The van der Waals surface area contributed by atoms with E-state index in [9.17, 15) is 0 Å². The van der Waals surface area contributed by atoms with Gasteiger partial charge in [-0.05, 0) is 35.8 Å². The summed E-state index contributed by atoms with van der Waals surface area (Å²) in [6, 6.07) is 0. The van der Waals surface area contributed by atoms with Gasteiger partial charge in [-0.3, -0.25) is 4.99 Å². The largest absolute Gasteiger partial charge is 0.288 e. The summed E-state index contributed by atoms with van der Waals surface area (Å²) in [6.45, 7) is 4.68. The summed E-state index contributed by atoms with van der Waals surface area (Å²) < 4.78 is 0. The van der Waals surface area contributed by atoms with E-state index in [2.05, 4.69) is 43.1 Å². The van der Waals surface area contributed by atoms with E-state index in [1.54, 1.807) is 0 Å². The van der Waals surface area contributed by atoms with Gasteiger partial charge in [0.05, 0.1) is 5.71 Å². The van der Waals surface area contributed by atoms with Crippen molar-refractivity contribution in [1.82, 2.24) is 0 Å². The zero-order valence-electron chi connectivity index (χ0n) is 9.77. The van der Waals surface area contributed by atoms with Crippen LogP contribution in [0.5, 0.6) is 0 Å². The van der Waals surface area contributed by atoms with Gasteiger partial charge in [-0.2, -0.15) is 0 Å². The standard InChI is InChI=1S/C14H19N/c1-10-8-11(2)13(10)9-12-6-4-5-7-14(12)15-3/h4-7,9-11,13H,8H2,1-3H3/b12-9-,15-14-. The Bertz CT molecular complexity index is 350. The van der Waals surface area contributed by atoms with Crippen LogP contribution in [0.2, 0.25) is 0 Å². The Balaban J connectivity index is 2.19. The zero-order chi connectivity index (χ0) is 10.8. The lowest BCUT2D eigenvalue weighted by atomic mass is 9.66. The minimum absolute atomic E-state index is 0.743. The second-order valence-electron chi connectivity index (χ2n) is 4.72. The van der Waals surface area contributed by atoms with Crippen LogP contribution < -0.4 is 0 Å². The highest BCUT2D eigenvalue weighted by Crippen LogP contribution is 2.41. The first-order chi connectivity index (χ1) is 7.22. The summed E-state index contributed by atoms with van der Waals surface area (Å²) in [5, 5.41) is 0. The van der Waals surface area contributed by atoms with Gasteiger partial charge in [0.1, 0.15) is 0 Å². The van der Waals surface area contributed by atoms with Gasteiger partial charge in [-0.1, -0.05) is 38.2 Å². The van der Waals surface area contributed by atoms with Gasteiger partial charge in [0.25, 0.3) is 0 Å². The van der Waals surface area contributed by atoms with Gasteiger partial charge in [-0.15, -0.1) is 0 Å². The summed E-state index contributed by atoms with van der Waals surface area (Å²) in [6.07, 6.45) is 12.2. The lowest BCUT2D eigenvalue weighted by Crippen LogP contribution is -2.31. The van der Waals surface area contributed by atoms with Crippen molar-refractivity contribution >= 4 is 5.71 Å². The molecule has 2 rings (SSSR count). The van der Waals surface area contributed by atoms with Crippen molar-refractivity contribution in [2.45, 2.75) is 20.3 Å². The molecule has 1 nitrogen and oxygen atoms in total. The van der Waals surface area contributed by atoms with E-state index >= 15 is 0 Å². The van der Waals surface area contributed by atoms with Crippen molar-refractivity contribution < 1.29 is 0 Å². The van der Waals surface area contributed by atoms with Crippen molar-refractivity contribution in [2.75, 3.05) is 7.05 Å². The number of aliphatic imine (C=N–C) groups is 1. The Morgan fingerprint density at radius 2 is 1.87 bits per heavy atom. The van der Waals surface area contributed by atoms with E-state index in [-0.39, 0.29) is 0 Å². The summed E-state index contributed by atoms with van der Waals surface area (Å²) >= 11 is 0. The van der Waals surface area contributed by atoms with Crippen LogP contribution in [0.3, 0.4) is 0 Å². The number of hydrogen-bond acceptors (Lipinski definition) is 1. The fourth-order valence-electron chi connectivity index (χ4n) is 2.63. The molecule has 2 unspecified atom stereocenters. The van der Waals surface area contributed by atoms with Crippen LogP contribution in [0.15, 0.2) is 40.9 Å². The molecule has 2 aliphatic carbocycles. The van der Waals surface area contributed by atoms with Gasteiger partial charge in [0, 0.05) is 7.05 Å². The van der Waals surface area contributed by atoms with Gasteiger partial charge >= 0.3 is 0 Å². The van der Waals surface area contributed by atoms with Crippen molar-refractivity contribution in [3.05, 3.63) is 36.0 Å². The van der Waals surface area contributed by atoms with Gasteiger partial charge < -0.3 is 0 Å². The minimum Gasteiger partial charge on any atom is -0.288 e. The molecule has 1 fully saturated rings. The van der Waals surface area contributed by atoms with E-state index in [0.717, 1.165) is 23.5 Å². The molecule has 0 saturated heterocycles. The highest BCUT2D eigenvalue weighted by Gasteiger charge is 2.33. The molecule has 0 spiro atoms. The Hall–Kier alpha value is -1.11. The lowest BCUT2D eigenvalue weighted by Gasteiger charge is -2.39. The van der Waals surface area contributed by atoms with Crippen LogP contribution >= 0.6 is 0 Å². The maximum absolute atomic E-state index is 4.30. The highest BCUT2D eigenvalue weighted by atomic mass is 14.7. The molecule has 0 aromatic heterocycles. The molecule has 0 aromatic rings. The van der Waals surface area contributed by atoms with Crippen LogP contribution in [-0.2, 0) is 0 Å². The fraction of sp³-hybridized carbons (Fsp3) is 0.500. The molecule has 0 aromatic carbocycles. The molecule has 2 atom stereocenters. The van der Waals surface area contributed by atoms with E-state index in [1.165, 1.54) is 12.0 Å². The SMILES string of the molecule is C/N=C1/C=CC=C/C1=C/C1C(C)CC1C. The van der Waals surface area contributed by atoms with E-state index in [0.29, 0.717) is 0 Å². The zero-order valence-corrected chi connectivity index (χ0v) is 9.77. The number of hydrogen-bond donors (Lipinski definition) is 0. The Labute approximate surface area is 92.3 Å². The van der Waals surface area contributed by atoms with Crippen LogP contribution in [0.4, 0.5) is 0 Å². The van der Waals surface area contributed by atoms with Crippen LogP contribution in [0, 0.1) is 17.8 Å². The Morgan fingerprint density at radius 1 is 1.20 bits per heavy atom. The topological polar surface area (TPSA) is 12.4 Å². The lowest BCUT2D eigenvalue weighted by molar-refractivity contribution is 0.148. The molecule has 0 radical (unpaired) electrons. The maximum Gasteiger partial charge on any atom is 0.0640 e. The molecule has 0 amide bonds. The number of allylic oxidation sites excluding steroid dienone is 6. The first-order valence-corrected chi connectivity index (χ1v) is 5.76. The van der Waals surface area contributed by atoms with E-state index in [4.69, 9.17) is 0 Å². The molecular weight excluding hydrogens is 182 g/mol. The summed E-state index contributed by atoms with van der Waals surface area (Å²) in [4.78, 5) is 4.30. The normalized spacial score (nSPS) is 39.8. The molecule has 15 heavy (non-hydrogen) atoms. The summed E-state index contributed by atoms with van der Waals surface area (Å²) in [5.41, 5.74) is 2.41. The van der Waals surface area contributed by atoms with Gasteiger partial charge in [0.2, 0.25) is 0 Å². The predicted octanol–water partition coefficient (Wildman–Crippen LogP) is 3.40. The molecule has 1 saturated carbocycles. The van der Waals surface area contributed by atoms with Crippen LogP contribution in [0.25, 0.3) is 0 Å². The third kappa shape index (κ3) is 1.97. The quantitative estimate of drug-likeness (QED) is 0.616. The smallest absolute Gasteiger partial charge is 0.0640 e. The molecular formula is C14H19N. The average Bonchev–Trinajstić information content (AvgIpc) is 2.26. The molecule has 0 heterocycles. The van der Waals surface area contributed by atoms with Crippen LogP contribution in [-0.4, -0.2) is 12.8 Å². The average molecular weight is 201 g/mol. The summed E-state index contributed by atoms with van der Waals surface area (Å²) in [7, 11) is 1.86. The number of nitrogens with zero attached hydrogens (tertiary/aromatic N) is 1. The van der Waals surface area contributed by atoms with Gasteiger partial charge in [-0.25, -0.2) is 0 Å². The fourth-order valence-corrected chi connectivity index (χ4v) is 2.63. The molecule has 0 N–H and O–H groups in total. The highest BCUT2D eigenvalue weighted by molar-refractivity contribution is 6.11. The second-order valence-corrected chi connectivity index (χ2v) is 4.72. The number of rotatable bonds is 1. The predicted molar refractivity (Wildman–Crippen MR) is 66.2 cm³/mol. The first-order valence-electron chi connectivity index (χ1n) is 5.76. The van der Waals surface area contributed by atoms with Crippen molar-refractivity contribution in [3.8, 4) is 0 Å². The molecule has 80 valence electrons. The first kappa shape index (κ1) is 10.4. The minimum atomic E-state index is 0.743. The Morgan fingerprint density at radius 3 is 2.47 bits per heavy atom. The van der Waals surface area contributed by atoms with E-state index in [1.807, 2.05) is 13.1 Å². The van der Waals surface area contributed by atoms with E-state index < -0.39 is 0 Å². The van der Waals surface area contributed by atoms with Crippen molar-refractivity contribution in [1.29, 1.82) is 0 Å². The molecule has 1 heteroatoms. The van der Waals surface area contributed by atoms with Crippen molar-refractivity contribution in [3.63, 3.8) is 0 Å².